The van der Waals surface area contributed by atoms with Gasteiger partial charge in [0.05, 0.1) is 12.1 Å². The lowest BCUT2D eigenvalue weighted by Gasteiger charge is -2.08. The fourth-order valence-corrected chi connectivity index (χ4v) is 3.09. The summed E-state index contributed by atoms with van der Waals surface area (Å²) in [6.07, 6.45) is 0.524. The number of aromatic nitrogens is 4. The third kappa shape index (κ3) is 2.18. The molecule has 3 heterocycles. The molecule has 0 spiro atoms. The van der Waals surface area contributed by atoms with Gasteiger partial charge in [0.1, 0.15) is 5.82 Å². The van der Waals surface area contributed by atoms with Crippen LogP contribution in [0.2, 0.25) is 0 Å². The van der Waals surface area contributed by atoms with Crippen molar-refractivity contribution in [1.29, 1.82) is 0 Å². The largest absolute Gasteiger partial charge is 0.454 e. The zero-order chi connectivity index (χ0) is 17.7. The molecule has 0 bridgehead atoms. The summed E-state index contributed by atoms with van der Waals surface area (Å²) >= 11 is 0. The van der Waals surface area contributed by atoms with Gasteiger partial charge in [-0.1, -0.05) is 12.1 Å². The predicted molar refractivity (Wildman–Crippen MR) is 94.3 cm³/mol. The summed E-state index contributed by atoms with van der Waals surface area (Å²) in [5.74, 6) is 2.33. The van der Waals surface area contributed by atoms with Crippen molar-refractivity contribution in [1.82, 2.24) is 19.6 Å². The number of ether oxygens (including phenoxy) is 2. The summed E-state index contributed by atoms with van der Waals surface area (Å²) in [6.45, 7) is 7.44. The van der Waals surface area contributed by atoms with E-state index < -0.39 is 0 Å². The molecule has 0 radical (unpaired) electrons. The van der Waals surface area contributed by atoms with Crippen LogP contribution in [0.3, 0.4) is 0 Å². The molecule has 0 saturated carbocycles. The van der Waals surface area contributed by atoms with E-state index >= 15 is 0 Å². The normalized spacial score (nSPS) is 12.6. The van der Waals surface area contributed by atoms with E-state index in [2.05, 4.69) is 14.9 Å². The number of anilines is 1. The maximum absolute atomic E-state index is 7.20. The maximum atomic E-state index is 7.20. The summed E-state index contributed by atoms with van der Waals surface area (Å²) in [5, 5.41) is 5.02. The Morgan fingerprint density at radius 3 is 2.88 bits per heavy atom. The second-order valence-electron chi connectivity index (χ2n) is 5.91. The molecule has 0 aliphatic carbocycles. The molecule has 0 unspecified atom stereocenters. The highest BCUT2D eigenvalue weighted by molar-refractivity contribution is 5.94. The fraction of sp³-hybridized carbons (Fsp3) is 0.111. The molecule has 5 rings (SSSR count). The van der Waals surface area contributed by atoms with E-state index in [1.54, 1.807) is 16.6 Å². The molecule has 26 heavy (non-hydrogen) atoms. The number of rotatable bonds is 2. The highest BCUT2D eigenvalue weighted by Gasteiger charge is 2.16. The molecule has 0 fully saturated rings. The van der Waals surface area contributed by atoms with Crippen LogP contribution >= 0.6 is 0 Å². The quantitative estimate of drug-likeness (QED) is 0.562. The summed E-state index contributed by atoms with van der Waals surface area (Å²) in [6, 6.07) is 11.1. The first-order valence-electron chi connectivity index (χ1n) is 7.92. The lowest BCUT2D eigenvalue weighted by Crippen LogP contribution is -2.05. The van der Waals surface area contributed by atoms with Gasteiger partial charge in [-0.3, -0.25) is 0 Å². The first kappa shape index (κ1) is 14.5. The lowest BCUT2D eigenvalue weighted by atomic mass is 10.1. The Kier molecular flexibility index (Phi) is 2.96. The van der Waals surface area contributed by atoms with Crippen LogP contribution in [0.5, 0.6) is 11.5 Å². The molecule has 0 saturated heterocycles. The van der Waals surface area contributed by atoms with Crippen LogP contribution in [-0.2, 0) is 6.42 Å². The van der Waals surface area contributed by atoms with E-state index in [9.17, 15) is 0 Å². The Balaban J connectivity index is 1.68. The molecule has 2 aromatic heterocycles. The van der Waals surface area contributed by atoms with Crippen molar-refractivity contribution in [3.8, 4) is 11.5 Å². The number of hydrogen-bond acceptors (Lipinski definition) is 6. The second kappa shape index (κ2) is 5.32. The van der Waals surface area contributed by atoms with Gasteiger partial charge in [-0.15, -0.1) is 5.10 Å². The summed E-state index contributed by atoms with van der Waals surface area (Å²) in [7, 11) is 0. The van der Waals surface area contributed by atoms with Crippen molar-refractivity contribution < 1.29 is 9.47 Å². The van der Waals surface area contributed by atoms with Crippen LogP contribution in [0.15, 0.2) is 36.4 Å². The molecular weight excluding hydrogens is 332 g/mol. The van der Waals surface area contributed by atoms with Crippen LogP contribution in [-0.4, -0.2) is 26.4 Å². The molecule has 8 heteroatoms. The third-order valence-corrected chi connectivity index (χ3v) is 4.27. The van der Waals surface area contributed by atoms with Gasteiger partial charge in [-0.05, 0) is 29.8 Å². The molecule has 8 nitrogen and oxygen atoms in total. The van der Waals surface area contributed by atoms with E-state index in [0.29, 0.717) is 23.6 Å². The molecule has 126 valence electrons. The van der Waals surface area contributed by atoms with E-state index in [-0.39, 0.29) is 12.7 Å². The Hall–Kier alpha value is -3.86. The van der Waals surface area contributed by atoms with E-state index in [1.807, 2.05) is 24.3 Å². The summed E-state index contributed by atoms with van der Waals surface area (Å²) in [4.78, 5) is 12.5. The van der Waals surface area contributed by atoms with Crippen LogP contribution < -0.4 is 15.2 Å². The minimum absolute atomic E-state index is 0.166. The maximum Gasteiger partial charge on any atom is 0.240 e. The number of nitrogens with two attached hydrogens (primary N) is 1. The smallest absolute Gasteiger partial charge is 0.240 e. The van der Waals surface area contributed by atoms with E-state index in [4.69, 9.17) is 26.8 Å². The van der Waals surface area contributed by atoms with Crippen molar-refractivity contribution >= 4 is 28.2 Å². The number of nitrogens with zero attached hydrogens (tertiary/aromatic N) is 5. The van der Waals surface area contributed by atoms with E-state index in [0.717, 1.165) is 28.0 Å². The van der Waals surface area contributed by atoms with E-state index in [1.165, 1.54) is 0 Å². The Labute approximate surface area is 147 Å². The van der Waals surface area contributed by atoms with Gasteiger partial charge in [0.2, 0.25) is 12.7 Å². The first-order valence-corrected chi connectivity index (χ1v) is 7.92. The zero-order valence-corrected chi connectivity index (χ0v) is 13.5. The molecule has 2 N–H and O–H groups in total. The number of hydrogen-bond donors (Lipinski definition) is 1. The summed E-state index contributed by atoms with van der Waals surface area (Å²) in [5.41, 5.74) is 8.68. The number of nitrogen functional groups attached to an aromatic ring is 1. The van der Waals surface area contributed by atoms with Gasteiger partial charge in [-0.25, -0.2) is 9.83 Å². The SMILES string of the molecule is [C-]#[N+]c1ccc2nc(Cc3ccc4c(c3)OCO4)n3nc(N)nc3c2c1. The van der Waals surface area contributed by atoms with Crippen molar-refractivity contribution in [3.05, 3.63) is 59.2 Å². The van der Waals surface area contributed by atoms with Gasteiger partial charge in [-0.2, -0.15) is 9.50 Å². The Morgan fingerprint density at radius 1 is 1.12 bits per heavy atom. The molecule has 0 amide bonds. The average molecular weight is 344 g/mol. The zero-order valence-electron chi connectivity index (χ0n) is 13.5. The minimum atomic E-state index is 0.166. The van der Waals surface area contributed by atoms with Gasteiger partial charge in [0.15, 0.2) is 22.8 Å². The predicted octanol–water partition coefficient (Wildman–Crippen LogP) is 2.73. The van der Waals surface area contributed by atoms with Crippen LogP contribution in [0.1, 0.15) is 11.4 Å². The molecular formula is C18H12N6O2. The number of benzene rings is 2. The average Bonchev–Trinajstić information content (AvgIpc) is 3.27. The van der Waals surface area contributed by atoms with Crippen molar-refractivity contribution in [2.24, 2.45) is 0 Å². The number of fused-ring (bicyclic) bond motifs is 4. The second-order valence-corrected chi connectivity index (χ2v) is 5.91. The lowest BCUT2D eigenvalue weighted by molar-refractivity contribution is 0.174. The van der Waals surface area contributed by atoms with Gasteiger partial charge >= 0.3 is 0 Å². The topological polar surface area (TPSA) is 91.9 Å². The standard InChI is InChI=1S/C18H12N6O2/c1-20-11-3-4-13-12(8-11)17-22-18(19)23-24(17)16(21-13)7-10-2-5-14-15(6-10)26-9-25-14/h2-6,8H,7,9H2,(H2,19,23). The molecule has 1 aliphatic heterocycles. The third-order valence-electron chi connectivity index (χ3n) is 4.27. The van der Waals surface area contributed by atoms with Gasteiger partial charge in [0, 0.05) is 11.8 Å². The van der Waals surface area contributed by atoms with Crippen LogP contribution in [0.4, 0.5) is 11.6 Å². The Bertz CT molecular complexity index is 1220. The highest BCUT2D eigenvalue weighted by atomic mass is 16.7. The Morgan fingerprint density at radius 2 is 2.00 bits per heavy atom. The van der Waals surface area contributed by atoms with Crippen LogP contribution in [0, 0.1) is 6.57 Å². The monoisotopic (exact) mass is 344 g/mol. The van der Waals surface area contributed by atoms with Gasteiger partial charge < -0.3 is 15.2 Å². The van der Waals surface area contributed by atoms with Crippen molar-refractivity contribution in [3.63, 3.8) is 0 Å². The van der Waals surface area contributed by atoms with Gasteiger partial charge in [0.25, 0.3) is 0 Å². The summed E-state index contributed by atoms with van der Waals surface area (Å²) < 4.78 is 12.4. The molecule has 1 aliphatic rings. The first-order chi connectivity index (χ1) is 12.7. The van der Waals surface area contributed by atoms with Crippen molar-refractivity contribution in [2.45, 2.75) is 6.42 Å². The molecule has 2 aromatic carbocycles. The van der Waals surface area contributed by atoms with Crippen molar-refractivity contribution in [2.75, 3.05) is 12.5 Å². The molecule has 4 aromatic rings. The minimum Gasteiger partial charge on any atom is -0.454 e. The molecule has 0 atom stereocenters. The van der Waals surface area contributed by atoms with Crippen LogP contribution in [0.25, 0.3) is 21.4 Å². The highest BCUT2D eigenvalue weighted by Crippen LogP contribution is 2.33. The fourth-order valence-electron chi connectivity index (χ4n) is 3.09.